The molecule has 2 aliphatic rings. The molecule has 2 fully saturated rings. The van der Waals surface area contributed by atoms with Gasteiger partial charge in [0.05, 0.1) is 0 Å². The molecule has 1 spiro atoms. The lowest BCUT2D eigenvalue weighted by Gasteiger charge is -2.19. The second-order valence-electron chi connectivity index (χ2n) is 4.95. The fourth-order valence-electron chi connectivity index (χ4n) is 2.10. The number of carbonyl (C=O) groups excluding carboxylic acids is 2. The highest BCUT2D eigenvalue weighted by Crippen LogP contribution is 2.33. The number of nitrogens with zero attached hydrogens (tertiary/aromatic N) is 1. The number of amides is 3. The molecule has 5 heteroatoms. The summed E-state index contributed by atoms with van der Waals surface area (Å²) in [6, 6.07) is -0.201. The fraction of sp³-hybridized carbons (Fsp3) is 0.818. The molecule has 90 valence electrons. The van der Waals surface area contributed by atoms with Crippen LogP contribution in [0.1, 0.15) is 26.7 Å². The van der Waals surface area contributed by atoms with Crippen molar-refractivity contribution in [3.8, 4) is 0 Å². The lowest BCUT2D eigenvalue weighted by atomic mass is 9.99. The van der Waals surface area contributed by atoms with E-state index in [0.29, 0.717) is 12.5 Å². The van der Waals surface area contributed by atoms with Crippen molar-refractivity contribution in [3.63, 3.8) is 0 Å². The summed E-state index contributed by atoms with van der Waals surface area (Å²) in [5.41, 5.74) is -0.571. The second kappa shape index (κ2) is 4.28. The minimum Gasteiger partial charge on any atom is -0.322 e. The molecular weight excluding hydrogens is 224 g/mol. The topological polar surface area (TPSA) is 49.4 Å². The van der Waals surface area contributed by atoms with Gasteiger partial charge in [0.1, 0.15) is 5.54 Å². The van der Waals surface area contributed by atoms with Crippen LogP contribution < -0.4 is 5.32 Å². The molecule has 3 amide bonds. The average Bonchev–Trinajstić information content (AvgIpc) is 2.74. The summed E-state index contributed by atoms with van der Waals surface area (Å²) in [7, 11) is 0. The molecular formula is C11H18N2O2S. The Labute approximate surface area is 100 Å². The lowest BCUT2D eigenvalue weighted by molar-refractivity contribution is -0.130. The normalized spacial score (nSPS) is 29.6. The largest absolute Gasteiger partial charge is 0.325 e. The summed E-state index contributed by atoms with van der Waals surface area (Å²) in [6.07, 6.45) is 1.66. The molecule has 2 rings (SSSR count). The molecule has 0 aromatic rings. The van der Waals surface area contributed by atoms with Crippen LogP contribution in [0, 0.1) is 5.92 Å². The Morgan fingerprint density at radius 2 is 2.25 bits per heavy atom. The molecule has 1 atom stereocenters. The summed E-state index contributed by atoms with van der Waals surface area (Å²) in [6.45, 7) is 4.74. The summed E-state index contributed by atoms with van der Waals surface area (Å²) >= 11 is 1.74. The van der Waals surface area contributed by atoms with Gasteiger partial charge in [-0.3, -0.25) is 9.69 Å². The Bertz CT molecular complexity index is 311. The molecule has 0 radical (unpaired) electrons. The van der Waals surface area contributed by atoms with Gasteiger partial charge in [0.25, 0.3) is 5.91 Å². The van der Waals surface area contributed by atoms with E-state index in [4.69, 9.17) is 0 Å². The second-order valence-corrected chi connectivity index (χ2v) is 6.06. The first-order valence-electron chi connectivity index (χ1n) is 5.77. The van der Waals surface area contributed by atoms with Crippen molar-refractivity contribution in [1.82, 2.24) is 10.2 Å². The van der Waals surface area contributed by atoms with E-state index >= 15 is 0 Å². The number of urea groups is 1. The quantitative estimate of drug-likeness (QED) is 0.762. The first-order valence-corrected chi connectivity index (χ1v) is 6.92. The third kappa shape index (κ3) is 1.93. The molecule has 16 heavy (non-hydrogen) atoms. The maximum Gasteiger partial charge on any atom is 0.325 e. The van der Waals surface area contributed by atoms with Crippen LogP contribution in [-0.4, -0.2) is 40.4 Å². The molecule has 2 saturated heterocycles. The average molecular weight is 242 g/mol. The van der Waals surface area contributed by atoms with E-state index in [9.17, 15) is 9.59 Å². The van der Waals surface area contributed by atoms with Crippen molar-refractivity contribution in [2.24, 2.45) is 5.92 Å². The van der Waals surface area contributed by atoms with Gasteiger partial charge in [-0.25, -0.2) is 4.79 Å². The zero-order valence-corrected chi connectivity index (χ0v) is 10.6. The number of thioether (sulfide) groups is 1. The van der Waals surface area contributed by atoms with Crippen LogP contribution in [0.3, 0.4) is 0 Å². The van der Waals surface area contributed by atoms with Gasteiger partial charge in [0.15, 0.2) is 0 Å². The van der Waals surface area contributed by atoms with Gasteiger partial charge in [-0.1, -0.05) is 13.8 Å². The number of carbonyl (C=O) groups is 2. The van der Waals surface area contributed by atoms with Crippen molar-refractivity contribution in [2.75, 3.05) is 18.1 Å². The Hall–Kier alpha value is -0.710. The van der Waals surface area contributed by atoms with Gasteiger partial charge < -0.3 is 5.32 Å². The molecule has 0 aromatic heterocycles. The van der Waals surface area contributed by atoms with Crippen LogP contribution in [0.25, 0.3) is 0 Å². The van der Waals surface area contributed by atoms with E-state index in [0.717, 1.165) is 24.3 Å². The fourth-order valence-corrected chi connectivity index (χ4v) is 3.42. The summed E-state index contributed by atoms with van der Waals surface area (Å²) in [5.74, 6) is 2.19. The van der Waals surface area contributed by atoms with E-state index in [1.807, 2.05) is 0 Å². The van der Waals surface area contributed by atoms with Gasteiger partial charge in [-0.15, -0.1) is 0 Å². The number of nitrogens with one attached hydrogen (secondary N) is 1. The zero-order valence-electron chi connectivity index (χ0n) is 9.78. The van der Waals surface area contributed by atoms with E-state index in [1.54, 1.807) is 11.8 Å². The van der Waals surface area contributed by atoms with Crippen LogP contribution in [0.2, 0.25) is 0 Å². The van der Waals surface area contributed by atoms with Crippen molar-refractivity contribution < 1.29 is 9.59 Å². The van der Waals surface area contributed by atoms with Crippen molar-refractivity contribution in [2.45, 2.75) is 32.2 Å². The smallest absolute Gasteiger partial charge is 0.322 e. The van der Waals surface area contributed by atoms with Crippen LogP contribution >= 0.6 is 11.8 Å². The number of hydrogen-bond acceptors (Lipinski definition) is 3. The third-order valence-electron chi connectivity index (χ3n) is 3.20. The van der Waals surface area contributed by atoms with Crippen molar-refractivity contribution in [3.05, 3.63) is 0 Å². The minimum atomic E-state index is -0.571. The highest BCUT2D eigenvalue weighted by atomic mass is 32.2. The highest BCUT2D eigenvalue weighted by molar-refractivity contribution is 7.99. The first kappa shape index (κ1) is 11.8. The molecule has 0 unspecified atom stereocenters. The molecule has 1 N–H and O–H groups in total. The van der Waals surface area contributed by atoms with Crippen LogP contribution in [0.5, 0.6) is 0 Å². The van der Waals surface area contributed by atoms with E-state index in [1.165, 1.54) is 4.90 Å². The Morgan fingerprint density at radius 1 is 1.50 bits per heavy atom. The predicted molar refractivity (Wildman–Crippen MR) is 64.4 cm³/mol. The Morgan fingerprint density at radius 3 is 2.81 bits per heavy atom. The van der Waals surface area contributed by atoms with Crippen molar-refractivity contribution >= 4 is 23.7 Å². The molecule has 0 aliphatic carbocycles. The Balaban J connectivity index is 2.05. The predicted octanol–water partition coefficient (Wildman–Crippen LogP) is 1.46. The number of rotatable bonds is 3. The molecule has 2 aliphatic heterocycles. The maximum atomic E-state index is 12.2. The summed E-state index contributed by atoms with van der Waals surface area (Å²) in [5, 5.41) is 2.87. The highest BCUT2D eigenvalue weighted by Gasteiger charge is 2.52. The van der Waals surface area contributed by atoms with E-state index in [-0.39, 0.29) is 11.9 Å². The molecule has 0 bridgehead atoms. The third-order valence-corrected chi connectivity index (χ3v) is 4.39. The summed E-state index contributed by atoms with van der Waals surface area (Å²) in [4.78, 5) is 25.3. The van der Waals surface area contributed by atoms with Gasteiger partial charge in [-0.05, 0) is 24.5 Å². The number of hydrogen-bond donors (Lipinski definition) is 1. The molecule has 0 saturated carbocycles. The van der Waals surface area contributed by atoms with Crippen LogP contribution in [-0.2, 0) is 4.79 Å². The summed E-state index contributed by atoms with van der Waals surface area (Å²) < 4.78 is 0. The standard InChI is InChI=1S/C11H18N2O2S/c1-8(2)3-5-13-9(14)11(12-10(13)15)4-6-16-7-11/h8H,3-7H2,1-2H3,(H,12,15)/t11-/m1/s1. The van der Waals surface area contributed by atoms with Crippen LogP contribution in [0.15, 0.2) is 0 Å². The van der Waals surface area contributed by atoms with Crippen LogP contribution in [0.4, 0.5) is 4.79 Å². The van der Waals surface area contributed by atoms with Crippen molar-refractivity contribution in [1.29, 1.82) is 0 Å². The molecule has 2 heterocycles. The SMILES string of the molecule is CC(C)CCN1C(=O)N[C@@]2(CCSC2)C1=O. The van der Waals surface area contributed by atoms with Gasteiger partial charge >= 0.3 is 6.03 Å². The van der Waals surface area contributed by atoms with Gasteiger partial charge in [0, 0.05) is 12.3 Å². The monoisotopic (exact) mass is 242 g/mol. The van der Waals surface area contributed by atoms with Gasteiger partial charge in [0.2, 0.25) is 0 Å². The number of imide groups is 1. The first-order chi connectivity index (χ1) is 7.55. The molecule has 4 nitrogen and oxygen atoms in total. The maximum absolute atomic E-state index is 12.2. The Kier molecular flexibility index (Phi) is 3.15. The zero-order chi connectivity index (χ0) is 11.8. The molecule has 0 aromatic carbocycles. The van der Waals surface area contributed by atoms with E-state index < -0.39 is 5.54 Å². The van der Waals surface area contributed by atoms with Gasteiger partial charge in [-0.2, -0.15) is 11.8 Å². The van der Waals surface area contributed by atoms with E-state index in [2.05, 4.69) is 19.2 Å². The minimum absolute atomic E-state index is 0.0110. The lowest BCUT2D eigenvalue weighted by Crippen LogP contribution is -2.47.